The van der Waals surface area contributed by atoms with Crippen molar-refractivity contribution in [1.82, 2.24) is 9.97 Å². The molecule has 0 spiro atoms. The predicted octanol–water partition coefficient (Wildman–Crippen LogP) is 7.10. The summed E-state index contributed by atoms with van der Waals surface area (Å²) >= 11 is 0. The molecule has 36 heavy (non-hydrogen) atoms. The van der Waals surface area contributed by atoms with E-state index in [9.17, 15) is 4.89 Å². The SMILES string of the molecule is OP(c1ccccc1)c1ccc2c(c1)nc(-c1ccccc1)c1ccc3ccc4cccnc4c3c12. The first kappa shape index (κ1) is 21.1. The standard InChI is InChI=1S/C32H21N2OP/c35-36(24-11-5-2-6-12-24)25-16-18-26-28(20-25)34-31(22-8-3-1-4-9-22)27-17-15-21-13-14-23-10-7-19-33-32(23)29(21)30(26)27/h1-20,35H. The summed E-state index contributed by atoms with van der Waals surface area (Å²) in [6, 6.07) is 39.1. The van der Waals surface area contributed by atoms with Crippen LogP contribution in [0.25, 0.3) is 54.6 Å². The largest absolute Gasteiger partial charge is 0.364 e. The van der Waals surface area contributed by atoms with Crippen LogP contribution in [0.3, 0.4) is 0 Å². The minimum atomic E-state index is -1.47. The summed E-state index contributed by atoms with van der Waals surface area (Å²) in [7, 11) is -1.47. The maximum absolute atomic E-state index is 11.2. The molecule has 1 N–H and O–H groups in total. The van der Waals surface area contributed by atoms with Gasteiger partial charge in [0.05, 0.1) is 24.9 Å². The Balaban J connectivity index is 1.62. The second-order valence-electron chi connectivity index (χ2n) is 8.90. The van der Waals surface area contributed by atoms with Gasteiger partial charge in [0, 0.05) is 49.3 Å². The fourth-order valence-corrected chi connectivity index (χ4v) is 6.31. The van der Waals surface area contributed by atoms with Gasteiger partial charge < -0.3 is 4.89 Å². The van der Waals surface area contributed by atoms with Crippen LogP contribution in [0, 0.1) is 0 Å². The Kier molecular flexibility index (Phi) is 4.99. The minimum Gasteiger partial charge on any atom is -0.364 e. The van der Waals surface area contributed by atoms with E-state index in [1.165, 1.54) is 0 Å². The fraction of sp³-hybridized carbons (Fsp3) is 0. The predicted molar refractivity (Wildman–Crippen MR) is 152 cm³/mol. The van der Waals surface area contributed by atoms with Crippen LogP contribution in [0.1, 0.15) is 0 Å². The van der Waals surface area contributed by atoms with Crippen LogP contribution in [0.2, 0.25) is 0 Å². The molecule has 0 aliphatic rings. The van der Waals surface area contributed by atoms with Crippen molar-refractivity contribution in [2.75, 3.05) is 0 Å². The van der Waals surface area contributed by atoms with Crippen molar-refractivity contribution in [1.29, 1.82) is 0 Å². The van der Waals surface area contributed by atoms with Crippen molar-refractivity contribution >= 4 is 62.1 Å². The van der Waals surface area contributed by atoms with Gasteiger partial charge in [0.1, 0.15) is 0 Å². The molecule has 0 aliphatic carbocycles. The van der Waals surface area contributed by atoms with Gasteiger partial charge in [-0.05, 0) is 17.5 Å². The Morgan fingerprint density at radius 1 is 0.583 bits per heavy atom. The Bertz CT molecular complexity index is 1900. The molecule has 0 saturated heterocycles. The molecule has 1 unspecified atom stereocenters. The lowest BCUT2D eigenvalue weighted by molar-refractivity contribution is 0.645. The van der Waals surface area contributed by atoms with Crippen LogP contribution >= 0.6 is 8.15 Å². The summed E-state index contributed by atoms with van der Waals surface area (Å²) in [6.07, 6.45) is 1.86. The zero-order chi connectivity index (χ0) is 24.1. The van der Waals surface area contributed by atoms with Gasteiger partial charge in [-0.25, -0.2) is 4.98 Å². The van der Waals surface area contributed by atoms with Gasteiger partial charge in [0.15, 0.2) is 0 Å². The van der Waals surface area contributed by atoms with Crippen LogP contribution in [-0.4, -0.2) is 14.9 Å². The van der Waals surface area contributed by atoms with E-state index in [1.807, 2.05) is 66.9 Å². The van der Waals surface area contributed by atoms with Crippen LogP contribution in [0.4, 0.5) is 0 Å². The maximum Gasteiger partial charge on any atom is 0.0878 e. The molecule has 3 nitrogen and oxygen atoms in total. The van der Waals surface area contributed by atoms with Gasteiger partial charge in [-0.1, -0.05) is 103 Å². The van der Waals surface area contributed by atoms with Gasteiger partial charge >= 0.3 is 0 Å². The third-order valence-electron chi connectivity index (χ3n) is 6.79. The molecule has 7 aromatic rings. The van der Waals surface area contributed by atoms with Gasteiger partial charge in [0.25, 0.3) is 0 Å². The van der Waals surface area contributed by atoms with Crippen LogP contribution in [0.5, 0.6) is 0 Å². The van der Waals surface area contributed by atoms with E-state index in [1.54, 1.807) is 0 Å². The Labute approximate surface area is 209 Å². The van der Waals surface area contributed by atoms with Gasteiger partial charge in [-0.15, -0.1) is 0 Å². The highest BCUT2D eigenvalue weighted by atomic mass is 31.1. The van der Waals surface area contributed by atoms with E-state index >= 15 is 0 Å². The zero-order valence-corrected chi connectivity index (χ0v) is 20.2. The molecule has 0 saturated carbocycles. The number of rotatable bonds is 3. The molecule has 0 amide bonds. The van der Waals surface area contributed by atoms with E-state index < -0.39 is 8.15 Å². The number of hydrogen-bond acceptors (Lipinski definition) is 3. The summed E-state index contributed by atoms with van der Waals surface area (Å²) < 4.78 is 0. The lowest BCUT2D eigenvalue weighted by Crippen LogP contribution is -2.11. The third-order valence-corrected chi connectivity index (χ3v) is 8.34. The highest BCUT2D eigenvalue weighted by Gasteiger charge is 2.17. The van der Waals surface area contributed by atoms with Gasteiger partial charge in [0.2, 0.25) is 0 Å². The topological polar surface area (TPSA) is 46.0 Å². The van der Waals surface area contributed by atoms with Crippen LogP contribution in [-0.2, 0) is 0 Å². The highest BCUT2D eigenvalue weighted by Crippen LogP contribution is 2.40. The molecule has 0 radical (unpaired) electrons. The molecule has 0 fully saturated rings. The molecular weight excluding hydrogens is 459 g/mol. The van der Waals surface area contributed by atoms with E-state index in [2.05, 4.69) is 54.6 Å². The number of hydrogen-bond donors (Lipinski definition) is 1. The number of aromatic nitrogens is 2. The summed E-state index contributed by atoms with van der Waals surface area (Å²) in [5.41, 5.74) is 3.87. The molecule has 0 bridgehead atoms. The first-order chi connectivity index (χ1) is 17.8. The lowest BCUT2D eigenvalue weighted by Gasteiger charge is -2.16. The van der Waals surface area contributed by atoms with Crippen molar-refractivity contribution in [2.24, 2.45) is 0 Å². The summed E-state index contributed by atoms with van der Waals surface area (Å²) in [4.78, 5) is 21.2. The third kappa shape index (κ3) is 3.37. The Morgan fingerprint density at radius 2 is 1.31 bits per heavy atom. The molecule has 5 aromatic carbocycles. The van der Waals surface area contributed by atoms with Gasteiger partial charge in [-0.3, -0.25) is 4.98 Å². The molecule has 2 heterocycles. The van der Waals surface area contributed by atoms with Crippen molar-refractivity contribution in [3.05, 3.63) is 121 Å². The molecule has 1 atom stereocenters. The summed E-state index contributed by atoms with van der Waals surface area (Å²) in [5.74, 6) is 0. The second-order valence-corrected chi connectivity index (χ2v) is 10.6. The molecule has 170 valence electrons. The first-order valence-electron chi connectivity index (χ1n) is 11.9. The molecule has 7 rings (SSSR count). The van der Waals surface area contributed by atoms with E-state index in [0.29, 0.717) is 0 Å². The number of pyridine rings is 2. The van der Waals surface area contributed by atoms with Crippen LogP contribution < -0.4 is 10.6 Å². The van der Waals surface area contributed by atoms with Crippen molar-refractivity contribution in [3.8, 4) is 11.3 Å². The number of nitrogens with zero attached hydrogens (tertiary/aromatic N) is 2. The highest BCUT2D eigenvalue weighted by molar-refractivity contribution is 7.67. The average Bonchev–Trinajstić information content (AvgIpc) is 2.96. The number of fused-ring (bicyclic) bond motifs is 7. The molecule has 0 aliphatic heterocycles. The number of benzene rings is 5. The molecule has 4 heteroatoms. The van der Waals surface area contributed by atoms with Crippen LogP contribution in [0.15, 0.2) is 121 Å². The minimum absolute atomic E-state index is 0.872. The second kappa shape index (κ2) is 8.49. The van der Waals surface area contributed by atoms with Crippen molar-refractivity contribution < 1.29 is 4.89 Å². The summed E-state index contributed by atoms with van der Waals surface area (Å²) in [5, 5.41) is 8.53. The fourth-order valence-electron chi connectivity index (χ4n) is 5.10. The van der Waals surface area contributed by atoms with Crippen molar-refractivity contribution in [2.45, 2.75) is 0 Å². The normalized spacial score (nSPS) is 12.5. The molecular formula is C32H21N2OP. The smallest absolute Gasteiger partial charge is 0.0878 e. The molecule has 2 aromatic heterocycles. The summed E-state index contributed by atoms with van der Waals surface area (Å²) in [6.45, 7) is 0. The average molecular weight is 481 g/mol. The Morgan fingerprint density at radius 3 is 2.14 bits per heavy atom. The lowest BCUT2D eigenvalue weighted by atomic mass is 9.94. The van der Waals surface area contributed by atoms with Gasteiger partial charge in [-0.2, -0.15) is 0 Å². The maximum atomic E-state index is 11.2. The van der Waals surface area contributed by atoms with E-state index in [-0.39, 0.29) is 0 Å². The zero-order valence-electron chi connectivity index (χ0n) is 19.3. The quantitative estimate of drug-likeness (QED) is 0.217. The first-order valence-corrected chi connectivity index (χ1v) is 13.2. The monoisotopic (exact) mass is 480 g/mol. The van der Waals surface area contributed by atoms with E-state index in [4.69, 9.17) is 9.97 Å². The van der Waals surface area contributed by atoms with E-state index in [0.717, 1.165) is 65.2 Å². The Hall–Kier alpha value is -4.17. The van der Waals surface area contributed by atoms with Crippen molar-refractivity contribution in [3.63, 3.8) is 0 Å².